The van der Waals surface area contributed by atoms with Crippen LogP contribution < -0.4 is 10.2 Å². The molecule has 0 fully saturated rings. The van der Waals surface area contributed by atoms with Crippen molar-refractivity contribution in [1.29, 1.82) is 0 Å². The van der Waals surface area contributed by atoms with Gasteiger partial charge in [-0.05, 0) is 24.1 Å². The first-order chi connectivity index (χ1) is 11.2. The summed E-state index contributed by atoms with van der Waals surface area (Å²) in [4.78, 5) is 26.0. The number of furan rings is 1. The Morgan fingerprint density at radius 3 is 2.96 bits per heavy atom. The fourth-order valence-corrected chi connectivity index (χ4v) is 2.68. The molecular weight excluding hydrogens is 296 g/mol. The Morgan fingerprint density at radius 2 is 2.13 bits per heavy atom. The number of anilines is 1. The minimum Gasteiger partial charge on any atom is -0.459 e. The van der Waals surface area contributed by atoms with Gasteiger partial charge in [0, 0.05) is 24.4 Å². The largest absolute Gasteiger partial charge is 0.459 e. The molecule has 0 bridgehead atoms. The van der Waals surface area contributed by atoms with Gasteiger partial charge in [-0.15, -0.1) is 0 Å². The van der Waals surface area contributed by atoms with Crippen molar-refractivity contribution in [2.75, 3.05) is 18.1 Å². The van der Waals surface area contributed by atoms with Gasteiger partial charge in [0.25, 0.3) is 5.91 Å². The second kappa shape index (κ2) is 6.66. The minimum atomic E-state index is -0.335. The van der Waals surface area contributed by atoms with Crippen molar-refractivity contribution in [3.05, 3.63) is 53.5 Å². The van der Waals surface area contributed by atoms with Crippen LogP contribution in [-0.2, 0) is 17.8 Å². The van der Waals surface area contributed by atoms with Crippen LogP contribution in [0.25, 0.3) is 0 Å². The van der Waals surface area contributed by atoms with Gasteiger partial charge in [0.2, 0.25) is 5.91 Å². The molecule has 0 radical (unpaired) electrons. The molecule has 6 nitrogen and oxygen atoms in total. The van der Waals surface area contributed by atoms with Gasteiger partial charge in [-0.1, -0.05) is 18.2 Å². The molecule has 2 aromatic rings. The van der Waals surface area contributed by atoms with Crippen molar-refractivity contribution in [2.24, 2.45) is 0 Å². The molecule has 0 atom stereocenters. The average Bonchev–Trinajstić information content (AvgIpc) is 3.13. The summed E-state index contributed by atoms with van der Waals surface area (Å²) in [5.74, 6) is -0.113. The first-order valence-electron chi connectivity index (χ1n) is 7.54. The number of para-hydroxylation sites is 1. The van der Waals surface area contributed by atoms with Gasteiger partial charge in [0.05, 0.1) is 19.2 Å². The maximum absolute atomic E-state index is 12.2. The third kappa shape index (κ3) is 3.12. The monoisotopic (exact) mass is 314 g/mol. The van der Waals surface area contributed by atoms with E-state index in [1.54, 1.807) is 11.0 Å². The highest BCUT2D eigenvalue weighted by Crippen LogP contribution is 2.30. The summed E-state index contributed by atoms with van der Waals surface area (Å²) in [7, 11) is 0. The Kier molecular flexibility index (Phi) is 4.43. The minimum absolute atomic E-state index is 0.0130. The first kappa shape index (κ1) is 15.3. The Balaban J connectivity index is 1.76. The lowest BCUT2D eigenvalue weighted by Gasteiger charge is -2.17. The molecule has 2 N–H and O–H groups in total. The van der Waals surface area contributed by atoms with Crippen molar-refractivity contribution >= 4 is 17.5 Å². The van der Waals surface area contributed by atoms with E-state index < -0.39 is 0 Å². The summed E-state index contributed by atoms with van der Waals surface area (Å²) in [5, 5.41) is 11.4. The molecule has 0 unspecified atom stereocenters. The van der Waals surface area contributed by atoms with Gasteiger partial charge in [0.15, 0.2) is 5.76 Å². The first-order valence-corrected chi connectivity index (χ1v) is 7.54. The molecule has 2 amide bonds. The number of nitrogens with one attached hydrogen (secondary N) is 1. The number of carbonyl (C=O) groups excluding carboxylic acids is 2. The molecule has 2 heterocycles. The quantitative estimate of drug-likeness (QED) is 0.791. The topological polar surface area (TPSA) is 82.8 Å². The van der Waals surface area contributed by atoms with E-state index in [1.807, 2.05) is 24.3 Å². The van der Waals surface area contributed by atoms with E-state index >= 15 is 0 Å². The summed E-state index contributed by atoms with van der Waals surface area (Å²) in [6.07, 6.45) is 2.31. The van der Waals surface area contributed by atoms with E-state index in [-0.39, 0.29) is 24.2 Å². The number of hydrogen-bond acceptors (Lipinski definition) is 4. The van der Waals surface area contributed by atoms with E-state index in [0.717, 1.165) is 11.3 Å². The molecule has 1 aromatic carbocycles. The summed E-state index contributed by atoms with van der Waals surface area (Å²) in [6, 6.07) is 9.34. The number of nitrogens with zero attached hydrogens (tertiary/aromatic N) is 1. The van der Waals surface area contributed by atoms with Crippen molar-refractivity contribution in [3.63, 3.8) is 0 Å². The summed E-state index contributed by atoms with van der Waals surface area (Å²) in [6.45, 7) is 0.695. The zero-order valence-electron chi connectivity index (χ0n) is 12.6. The summed E-state index contributed by atoms with van der Waals surface area (Å²) in [5.41, 5.74) is 2.54. The predicted octanol–water partition coefficient (Wildman–Crippen LogP) is 1.48. The number of fused-ring (bicyclic) bond motifs is 1. The van der Waals surface area contributed by atoms with Crippen LogP contribution in [0.4, 0.5) is 5.69 Å². The van der Waals surface area contributed by atoms with Crippen LogP contribution >= 0.6 is 0 Å². The number of aliphatic hydroxyl groups is 1. The van der Waals surface area contributed by atoms with Gasteiger partial charge in [-0.2, -0.15) is 0 Å². The summed E-state index contributed by atoms with van der Waals surface area (Å²) >= 11 is 0. The lowest BCUT2D eigenvalue weighted by Crippen LogP contribution is -2.29. The van der Waals surface area contributed by atoms with Gasteiger partial charge < -0.3 is 19.7 Å². The molecule has 0 aliphatic carbocycles. The van der Waals surface area contributed by atoms with Crippen molar-refractivity contribution in [1.82, 2.24) is 5.32 Å². The molecule has 1 aromatic heterocycles. The number of carbonyl (C=O) groups is 2. The molecular formula is C17H18N2O4. The van der Waals surface area contributed by atoms with Gasteiger partial charge in [-0.3, -0.25) is 9.59 Å². The molecule has 0 spiro atoms. The molecule has 6 heteroatoms. The van der Waals surface area contributed by atoms with E-state index in [0.29, 0.717) is 31.5 Å². The highest BCUT2D eigenvalue weighted by Gasteiger charge is 2.28. The SMILES string of the molecule is O=C(NCCCO)c1occc1CN1C(=O)Cc2ccccc21. The number of amides is 2. The van der Waals surface area contributed by atoms with Gasteiger partial charge in [0.1, 0.15) is 0 Å². The number of aliphatic hydroxyl groups excluding tert-OH is 1. The molecule has 1 aliphatic rings. The highest BCUT2D eigenvalue weighted by molar-refractivity contribution is 6.01. The lowest BCUT2D eigenvalue weighted by molar-refractivity contribution is -0.117. The smallest absolute Gasteiger partial charge is 0.287 e. The maximum atomic E-state index is 12.2. The number of hydrogen-bond donors (Lipinski definition) is 2. The number of rotatable bonds is 6. The number of benzene rings is 1. The summed E-state index contributed by atoms with van der Waals surface area (Å²) < 4.78 is 5.28. The third-order valence-corrected chi connectivity index (χ3v) is 3.83. The Bertz CT molecular complexity index is 723. The van der Waals surface area contributed by atoms with E-state index in [4.69, 9.17) is 9.52 Å². The van der Waals surface area contributed by atoms with Crippen LogP contribution in [0.15, 0.2) is 41.0 Å². The fourth-order valence-electron chi connectivity index (χ4n) is 2.68. The van der Waals surface area contributed by atoms with Crippen molar-refractivity contribution < 1.29 is 19.1 Å². The third-order valence-electron chi connectivity index (χ3n) is 3.83. The van der Waals surface area contributed by atoms with Crippen LogP contribution in [0, 0.1) is 0 Å². The zero-order chi connectivity index (χ0) is 16.2. The molecule has 0 saturated heterocycles. The Morgan fingerprint density at radius 1 is 1.30 bits per heavy atom. The highest BCUT2D eigenvalue weighted by atomic mass is 16.3. The van der Waals surface area contributed by atoms with E-state index in [2.05, 4.69) is 5.32 Å². The van der Waals surface area contributed by atoms with Crippen molar-refractivity contribution in [3.8, 4) is 0 Å². The molecule has 3 rings (SSSR count). The predicted molar refractivity (Wildman–Crippen MR) is 84.1 cm³/mol. The van der Waals surface area contributed by atoms with Crippen molar-refractivity contribution in [2.45, 2.75) is 19.4 Å². The van der Waals surface area contributed by atoms with Crippen LogP contribution in [0.1, 0.15) is 28.1 Å². The molecule has 0 saturated carbocycles. The Labute approximate surface area is 133 Å². The average molecular weight is 314 g/mol. The fraction of sp³-hybridized carbons (Fsp3) is 0.294. The molecule has 120 valence electrons. The van der Waals surface area contributed by atoms with Crippen LogP contribution in [0.5, 0.6) is 0 Å². The van der Waals surface area contributed by atoms with E-state index in [1.165, 1.54) is 6.26 Å². The van der Waals surface area contributed by atoms with Gasteiger partial charge in [-0.25, -0.2) is 0 Å². The standard InChI is InChI=1S/C17H18N2O4/c20-8-3-7-18-17(22)16-13(6-9-23-16)11-19-14-5-2-1-4-12(14)10-15(19)21/h1-2,4-6,9,20H,3,7-8,10-11H2,(H,18,22). The Hall–Kier alpha value is -2.60. The second-order valence-corrected chi connectivity index (χ2v) is 5.39. The van der Waals surface area contributed by atoms with E-state index in [9.17, 15) is 9.59 Å². The second-order valence-electron chi connectivity index (χ2n) is 5.39. The van der Waals surface area contributed by atoms with Crippen LogP contribution in [-0.4, -0.2) is 30.1 Å². The molecule has 1 aliphatic heterocycles. The van der Waals surface area contributed by atoms with Gasteiger partial charge >= 0.3 is 0 Å². The molecule has 23 heavy (non-hydrogen) atoms. The van der Waals surface area contributed by atoms with Crippen LogP contribution in [0.2, 0.25) is 0 Å². The van der Waals surface area contributed by atoms with Crippen LogP contribution in [0.3, 0.4) is 0 Å². The lowest BCUT2D eigenvalue weighted by atomic mass is 10.1. The normalized spacial score (nSPS) is 13.3. The maximum Gasteiger partial charge on any atom is 0.287 e. The zero-order valence-corrected chi connectivity index (χ0v) is 12.6.